The van der Waals surface area contributed by atoms with Crippen molar-refractivity contribution in [3.8, 4) is 0 Å². The van der Waals surface area contributed by atoms with E-state index in [-0.39, 0.29) is 5.56 Å². The van der Waals surface area contributed by atoms with Crippen molar-refractivity contribution in [2.75, 3.05) is 24.8 Å². The molecular formula is C19H20N2O5S. The second-order valence-electron chi connectivity index (χ2n) is 6.16. The monoisotopic (exact) mass is 388 g/mol. The Balaban J connectivity index is 1.68. The Morgan fingerprint density at radius 1 is 1.19 bits per heavy atom. The quantitative estimate of drug-likeness (QED) is 0.602. The highest BCUT2D eigenvalue weighted by molar-refractivity contribution is 7.17. The topological polar surface area (TPSA) is 108 Å². The molecule has 0 aliphatic heterocycles. The van der Waals surface area contributed by atoms with Gasteiger partial charge in [-0.25, -0.2) is 9.59 Å². The number of esters is 2. The van der Waals surface area contributed by atoms with E-state index in [0.29, 0.717) is 16.3 Å². The van der Waals surface area contributed by atoms with E-state index in [1.165, 1.54) is 24.5 Å². The van der Waals surface area contributed by atoms with Crippen LogP contribution < -0.4 is 11.1 Å². The number of aryl methyl sites for hydroxylation is 1. The van der Waals surface area contributed by atoms with E-state index in [4.69, 9.17) is 15.2 Å². The van der Waals surface area contributed by atoms with Gasteiger partial charge in [0.15, 0.2) is 6.61 Å². The zero-order valence-corrected chi connectivity index (χ0v) is 15.7. The molecule has 0 saturated heterocycles. The predicted molar refractivity (Wildman–Crippen MR) is 102 cm³/mol. The summed E-state index contributed by atoms with van der Waals surface area (Å²) in [6.45, 7) is -0.461. The molecule has 0 radical (unpaired) electrons. The lowest BCUT2D eigenvalue weighted by molar-refractivity contribution is -0.119. The van der Waals surface area contributed by atoms with E-state index in [9.17, 15) is 14.4 Å². The molecule has 0 spiro atoms. The van der Waals surface area contributed by atoms with Gasteiger partial charge in [0.05, 0.1) is 18.2 Å². The number of nitrogens with one attached hydrogen (secondary N) is 1. The number of hydrogen-bond acceptors (Lipinski definition) is 7. The number of fused-ring (bicyclic) bond motifs is 1. The van der Waals surface area contributed by atoms with Gasteiger partial charge in [-0.15, -0.1) is 11.3 Å². The summed E-state index contributed by atoms with van der Waals surface area (Å²) < 4.78 is 9.90. The molecule has 1 amide bonds. The molecule has 3 rings (SSSR count). The first-order valence-electron chi connectivity index (χ1n) is 8.55. The molecule has 0 bridgehead atoms. The van der Waals surface area contributed by atoms with Gasteiger partial charge in [-0.3, -0.25) is 4.79 Å². The largest absolute Gasteiger partial charge is 0.465 e. The third-order valence-electron chi connectivity index (χ3n) is 4.27. The Bertz CT molecular complexity index is 890. The lowest BCUT2D eigenvalue weighted by atomic mass is 9.95. The molecule has 1 heterocycles. The van der Waals surface area contributed by atoms with Crippen molar-refractivity contribution < 1.29 is 23.9 Å². The van der Waals surface area contributed by atoms with Gasteiger partial charge in [0.25, 0.3) is 5.91 Å². The summed E-state index contributed by atoms with van der Waals surface area (Å²) in [5.74, 6) is -1.63. The second kappa shape index (κ2) is 8.22. The van der Waals surface area contributed by atoms with E-state index in [1.807, 2.05) is 0 Å². The summed E-state index contributed by atoms with van der Waals surface area (Å²) >= 11 is 1.38. The highest BCUT2D eigenvalue weighted by Gasteiger charge is 2.27. The minimum Gasteiger partial charge on any atom is -0.465 e. The fourth-order valence-corrected chi connectivity index (χ4v) is 4.31. The Morgan fingerprint density at radius 2 is 1.96 bits per heavy atom. The number of thiophene rings is 1. The summed E-state index contributed by atoms with van der Waals surface area (Å²) in [7, 11) is 1.31. The number of anilines is 2. The van der Waals surface area contributed by atoms with E-state index in [0.717, 1.165) is 36.1 Å². The van der Waals surface area contributed by atoms with Crippen LogP contribution in [0.15, 0.2) is 24.3 Å². The molecule has 8 heteroatoms. The number of nitrogen functional groups attached to an aromatic ring is 1. The maximum absolute atomic E-state index is 12.2. The van der Waals surface area contributed by atoms with Crippen molar-refractivity contribution in [3.05, 3.63) is 45.8 Å². The molecule has 0 atom stereocenters. The molecule has 1 aliphatic rings. The van der Waals surface area contributed by atoms with E-state index in [2.05, 4.69) is 5.32 Å². The number of methoxy groups -OCH3 is 1. The highest BCUT2D eigenvalue weighted by Crippen LogP contribution is 2.38. The molecule has 2 aromatic rings. The summed E-state index contributed by atoms with van der Waals surface area (Å²) in [6.07, 6.45) is 3.72. The maximum Gasteiger partial charge on any atom is 0.341 e. The van der Waals surface area contributed by atoms with Crippen LogP contribution in [0, 0.1) is 0 Å². The molecule has 142 valence electrons. The van der Waals surface area contributed by atoms with Gasteiger partial charge in [0, 0.05) is 10.6 Å². The molecule has 0 saturated carbocycles. The number of hydrogen-bond donors (Lipinski definition) is 2. The van der Waals surface area contributed by atoms with E-state index < -0.39 is 24.5 Å². The summed E-state index contributed by atoms with van der Waals surface area (Å²) in [5.41, 5.74) is 7.69. The van der Waals surface area contributed by atoms with Crippen molar-refractivity contribution in [2.45, 2.75) is 25.7 Å². The van der Waals surface area contributed by atoms with Crippen LogP contribution in [0.25, 0.3) is 0 Å². The minimum atomic E-state index is -0.642. The van der Waals surface area contributed by atoms with Crippen LogP contribution in [-0.2, 0) is 27.1 Å². The average molecular weight is 388 g/mol. The first-order chi connectivity index (χ1) is 13.0. The summed E-state index contributed by atoms with van der Waals surface area (Å²) in [5, 5.41) is 3.12. The van der Waals surface area contributed by atoms with Crippen LogP contribution in [0.3, 0.4) is 0 Å². The second-order valence-corrected chi connectivity index (χ2v) is 7.26. The lowest BCUT2D eigenvalue weighted by Gasteiger charge is -2.11. The molecule has 1 aromatic heterocycles. The Hall–Kier alpha value is -2.87. The van der Waals surface area contributed by atoms with Crippen LogP contribution in [0.2, 0.25) is 0 Å². The maximum atomic E-state index is 12.2. The molecule has 0 unspecified atom stereocenters. The Kier molecular flexibility index (Phi) is 5.75. The SMILES string of the molecule is COC(=O)c1c(NC(=O)COC(=O)c2cccc(N)c2)sc2c1CCCC2. The third-order valence-corrected chi connectivity index (χ3v) is 5.48. The van der Waals surface area contributed by atoms with Gasteiger partial charge in [0.1, 0.15) is 5.00 Å². The number of ether oxygens (including phenoxy) is 2. The fraction of sp³-hybridized carbons (Fsp3) is 0.316. The highest BCUT2D eigenvalue weighted by atomic mass is 32.1. The number of rotatable bonds is 5. The summed E-state index contributed by atoms with van der Waals surface area (Å²) in [6, 6.07) is 6.31. The van der Waals surface area contributed by atoms with Gasteiger partial charge < -0.3 is 20.5 Å². The third kappa shape index (κ3) is 4.28. The number of carbonyl (C=O) groups is 3. The normalized spacial score (nSPS) is 12.8. The standard InChI is InChI=1S/C19H20N2O5S/c1-25-19(24)16-13-7-2-3-8-14(13)27-17(16)21-15(22)10-26-18(23)11-5-4-6-12(20)9-11/h4-6,9H,2-3,7-8,10,20H2,1H3,(H,21,22). The number of nitrogens with two attached hydrogens (primary N) is 1. The molecule has 27 heavy (non-hydrogen) atoms. The van der Waals surface area contributed by atoms with Gasteiger partial charge in [-0.1, -0.05) is 6.07 Å². The van der Waals surface area contributed by atoms with Crippen LogP contribution >= 0.6 is 11.3 Å². The van der Waals surface area contributed by atoms with Gasteiger partial charge in [0.2, 0.25) is 0 Å². The molecule has 3 N–H and O–H groups in total. The van der Waals surface area contributed by atoms with Crippen molar-refractivity contribution in [1.29, 1.82) is 0 Å². The van der Waals surface area contributed by atoms with Crippen molar-refractivity contribution in [2.24, 2.45) is 0 Å². The van der Waals surface area contributed by atoms with Crippen LogP contribution in [0.5, 0.6) is 0 Å². The Morgan fingerprint density at radius 3 is 2.70 bits per heavy atom. The zero-order chi connectivity index (χ0) is 19.4. The number of amides is 1. The van der Waals surface area contributed by atoms with Gasteiger partial charge in [-0.2, -0.15) is 0 Å². The number of carbonyl (C=O) groups excluding carboxylic acids is 3. The Labute approximate surface area is 160 Å². The van der Waals surface area contributed by atoms with Crippen LogP contribution in [0.1, 0.15) is 44.0 Å². The smallest absolute Gasteiger partial charge is 0.341 e. The lowest BCUT2D eigenvalue weighted by Crippen LogP contribution is -2.21. The molecule has 1 aliphatic carbocycles. The number of benzene rings is 1. The van der Waals surface area contributed by atoms with E-state index >= 15 is 0 Å². The molecule has 1 aromatic carbocycles. The van der Waals surface area contributed by atoms with E-state index in [1.54, 1.807) is 18.2 Å². The first-order valence-corrected chi connectivity index (χ1v) is 9.36. The molecule has 0 fully saturated rings. The molecular weight excluding hydrogens is 368 g/mol. The predicted octanol–water partition coefficient (Wildman–Crippen LogP) is 2.79. The summed E-state index contributed by atoms with van der Waals surface area (Å²) in [4.78, 5) is 37.5. The van der Waals surface area contributed by atoms with Crippen molar-refractivity contribution in [3.63, 3.8) is 0 Å². The van der Waals surface area contributed by atoms with Crippen molar-refractivity contribution >= 4 is 39.9 Å². The van der Waals surface area contributed by atoms with Crippen LogP contribution in [0.4, 0.5) is 10.7 Å². The van der Waals surface area contributed by atoms with Gasteiger partial charge in [-0.05, 0) is 49.4 Å². The zero-order valence-electron chi connectivity index (χ0n) is 14.9. The first kappa shape index (κ1) is 18.9. The minimum absolute atomic E-state index is 0.268. The fourth-order valence-electron chi connectivity index (χ4n) is 3.01. The van der Waals surface area contributed by atoms with Crippen LogP contribution in [-0.4, -0.2) is 31.6 Å². The van der Waals surface area contributed by atoms with Gasteiger partial charge >= 0.3 is 11.9 Å². The average Bonchev–Trinajstić information content (AvgIpc) is 3.03. The van der Waals surface area contributed by atoms with Crippen molar-refractivity contribution in [1.82, 2.24) is 0 Å². The molecule has 7 nitrogen and oxygen atoms in total.